The zero-order chi connectivity index (χ0) is 41.0. The molecule has 0 atom stereocenters. The van der Waals surface area contributed by atoms with Gasteiger partial charge in [-0.1, -0.05) is 170 Å². The molecule has 1 aromatic heterocycles. The quantitative estimate of drug-likeness (QED) is 0.160. The predicted octanol–water partition coefficient (Wildman–Crippen LogP) is 17.2. The molecule has 0 aliphatic heterocycles. The zero-order valence-corrected chi connectivity index (χ0v) is 33.9. The Bertz CT molecular complexity index is 3630. The highest BCUT2D eigenvalue weighted by molar-refractivity contribution is 6.15. The van der Waals surface area contributed by atoms with Crippen LogP contribution in [0.1, 0.15) is 0 Å². The molecule has 0 saturated carbocycles. The Morgan fingerprint density at radius 3 is 1.63 bits per heavy atom. The van der Waals surface area contributed by atoms with Crippen LogP contribution in [0.2, 0.25) is 0 Å². The minimum Gasteiger partial charge on any atom is -0.455 e. The lowest BCUT2D eigenvalue weighted by atomic mass is 9.95. The van der Waals surface area contributed by atoms with Crippen LogP contribution in [0.5, 0.6) is 0 Å². The lowest BCUT2D eigenvalue weighted by molar-refractivity contribution is 0.672. The molecule has 11 aromatic carbocycles. The van der Waals surface area contributed by atoms with Crippen LogP contribution in [0.25, 0.3) is 98.8 Å². The minimum atomic E-state index is 0.912. The molecule has 0 fully saturated rings. The van der Waals surface area contributed by atoms with Crippen molar-refractivity contribution in [1.82, 2.24) is 0 Å². The summed E-state index contributed by atoms with van der Waals surface area (Å²) in [5.74, 6) is 0. The molecule has 0 aliphatic carbocycles. The third-order valence-electron chi connectivity index (χ3n) is 12.4. The van der Waals surface area contributed by atoms with Crippen molar-refractivity contribution >= 4 is 71.3 Å². The number of anilines is 3. The monoisotopic (exact) mass is 789 g/mol. The Morgan fingerprint density at radius 2 is 0.806 bits per heavy atom. The second kappa shape index (κ2) is 14.8. The van der Waals surface area contributed by atoms with E-state index in [0.29, 0.717) is 0 Å². The van der Waals surface area contributed by atoms with Gasteiger partial charge in [-0.2, -0.15) is 0 Å². The zero-order valence-electron chi connectivity index (χ0n) is 33.9. The summed E-state index contributed by atoms with van der Waals surface area (Å²) in [5.41, 5.74) is 14.6. The van der Waals surface area contributed by atoms with Gasteiger partial charge in [0.1, 0.15) is 11.2 Å². The van der Waals surface area contributed by atoms with Gasteiger partial charge in [-0.05, 0) is 133 Å². The normalized spacial score (nSPS) is 11.5. The molecule has 62 heavy (non-hydrogen) atoms. The lowest BCUT2D eigenvalue weighted by Gasteiger charge is -2.28. The van der Waals surface area contributed by atoms with Gasteiger partial charge in [-0.3, -0.25) is 0 Å². The number of hydrogen-bond acceptors (Lipinski definition) is 2. The molecular formula is C60H39NO. The Hall–Kier alpha value is -8.20. The van der Waals surface area contributed by atoms with E-state index < -0.39 is 0 Å². The summed E-state index contributed by atoms with van der Waals surface area (Å²) in [4.78, 5) is 2.39. The number of para-hydroxylation sites is 2. The summed E-state index contributed by atoms with van der Waals surface area (Å²) in [6.45, 7) is 0. The van der Waals surface area contributed by atoms with Gasteiger partial charge in [0.25, 0.3) is 0 Å². The maximum Gasteiger partial charge on any atom is 0.143 e. The van der Waals surface area contributed by atoms with Gasteiger partial charge in [-0.25, -0.2) is 0 Å². The van der Waals surface area contributed by atoms with E-state index in [0.717, 1.165) is 60.9 Å². The fourth-order valence-corrected chi connectivity index (χ4v) is 9.34. The van der Waals surface area contributed by atoms with Gasteiger partial charge in [0.15, 0.2) is 0 Å². The molecule has 2 nitrogen and oxygen atoms in total. The summed E-state index contributed by atoms with van der Waals surface area (Å²) in [6.07, 6.45) is 0. The van der Waals surface area contributed by atoms with Gasteiger partial charge in [0, 0.05) is 33.1 Å². The van der Waals surface area contributed by atoms with E-state index in [1.54, 1.807) is 0 Å². The van der Waals surface area contributed by atoms with E-state index in [2.05, 4.69) is 229 Å². The molecule has 12 aromatic rings. The van der Waals surface area contributed by atoms with Crippen LogP contribution in [-0.4, -0.2) is 0 Å². The molecule has 0 saturated heterocycles. The van der Waals surface area contributed by atoms with E-state index in [4.69, 9.17) is 4.42 Å². The van der Waals surface area contributed by atoms with Crippen molar-refractivity contribution in [3.05, 3.63) is 237 Å². The third-order valence-corrected chi connectivity index (χ3v) is 12.4. The number of hydrogen-bond donors (Lipinski definition) is 0. The predicted molar refractivity (Wildman–Crippen MR) is 263 cm³/mol. The topological polar surface area (TPSA) is 16.4 Å². The lowest BCUT2D eigenvalue weighted by Crippen LogP contribution is -2.11. The molecule has 1 heterocycles. The average molecular weight is 790 g/mol. The molecule has 2 heteroatoms. The Labute approximate surface area is 360 Å². The standard InChI is InChI=1S/C60H39NO/c1-2-13-44-37-46(24-23-40(44)11-1)42-27-33-51(34-28-42)61(50-31-25-41(26-32-50)45-15-9-16-47(38-45)53-20-10-14-43-12-3-4-17-52(43)53)58-21-7-5-18-54(58)48-29-35-55-49(39-48)30-36-57-56-19-6-8-22-59(56)62-60(55)57/h1-39H. The van der Waals surface area contributed by atoms with Crippen LogP contribution in [0.15, 0.2) is 241 Å². The second-order valence-electron chi connectivity index (χ2n) is 16.1. The van der Waals surface area contributed by atoms with Gasteiger partial charge in [0.05, 0.1) is 5.69 Å². The molecule has 0 N–H and O–H groups in total. The smallest absolute Gasteiger partial charge is 0.143 e. The number of benzene rings is 11. The first-order valence-electron chi connectivity index (χ1n) is 21.2. The Balaban J connectivity index is 0.960. The Kier molecular flexibility index (Phi) is 8.53. The first kappa shape index (κ1) is 35.7. The number of fused-ring (bicyclic) bond motifs is 7. The first-order valence-corrected chi connectivity index (χ1v) is 21.2. The molecule has 0 unspecified atom stereocenters. The molecule has 290 valence electrons. The first-order chi connectivity index (χ1) is 30.7. The SMILES string of the molecule is c1cc(-c2ccc(N(c3ccc(-c4ccc5ccccc5c4)cc3)c3ccccc3-c3ccc4c(ccc5c6ccccc6oc45)c3)cc2)cc(-c2cccc3ccccc23)c1. The maximum absolute atomic E-state index is 6.43. The number of furan rings is 1. The average Bonchev–Trinajstić information content (AvgIpc) is 3.73. The van der Waals surface area contributed by atoms with E-state index in [9.17, 15) is 0 Å². The molecule has 0 spiro atoms. The molecule has 0 radical (unpaired) electrons. The van der Waals surface area contributed by atoms with Crippen molar-refractivity contribution in [3.8, 4) is 44.5 Å². The summed E-state index contributed by atoms with van der Waals surface area (Å²) >= 11 is 0. The van der Waals surface area contributed by atoms with Crippen molar-refractivity contribution in [2.45, 2.75) is 0 Å². The molecule has 0 aliphatic rings. The molecular weight excluding hydrogens is 751 g/mol. The van der Waals surface area contributed by atoms with Crippen molar-refractivity contribution in [2.75, 3.05) is 4.90 Å². The van der Waals surface area contributed by atoms with Crippen LogP contribution in [0.3, 0.4) is 0 Å². The number of nitrogens with zero attached hydrogens (tertiary/aromatic N) is 1. The largest absolute Gasteiger partial charge is 0.455 e. The highest BCUT2D eigenvalue weighted by Crippen LogP contribution is 2.44. The van der Waals surface area contributed by atoms with Gasteiger partial charge < -0.3 is 9.32 Å². The van der Waals surface area contributed by atoms with Crippen LogP contribution in [0.4, 0.5) is 17.1 Å². The Morgan fingerprint density at radius 1 is 0.274 bits per heavy atom. The fraction of sp³-hybridized carbons (Fsp3) is 0. The summed E-state index contributed by atoms with van der Waals surface area (Å²) in [6, 6.07) is 85.6. The van der Waals surface area contributed by atoms with Crippen LogP contribution >= 0.6 is 0 Å². The number of rotatable bonds is 7. The summed E-state index contributed by atoms with van der Waals surface area (Å²) in [5, 5.41) is 9.54. The van der Waals surface area contributed by atoms with Crippen molar-refractivity contribution in [1.29, 1.82) is 0 Å². The van der Waals surface area contributed by atoms with Gasteiger partial charge in [0.2, 0.25) is 0 Å². The summed E-state index contributed by atoms with van der Waals surface area (Å²) in [7, 11) is 0. The van der Waals surface area contributed by atoms with Crippen molar-refractivity contribution in [2.24, 2.45) is 0 Å². The van der Waals surface area contributed by atoms with Crippen LogP contribution in [0, 0.1) is 0 Å². The van der Waals surface area contributed by atoms with E-state index in [-0.39, 0.29) is 0 Å². The second-order valence-corrected chi connectivity index (χ2v) is 16.1. The van der Waals surface area contributed by atoms with Gasteiger partial charge in [-0.15, -0.1) is 0 Å². The van der Waals surface area contributed by atoms with E-state index in [1.165, 1.54) is 54.9 Å². The van der Waals surface area contributed by atoms with Crippen molar-refractivity contribution < 1.29 is 4.42 Å². The minimum absolute atomic E-state index is 0.912. The highest BCUT2D eigenvalue weighted by atomic mass is 16.3. The highest BCUT2D eigenvalue weighted by Gasteiger charge is 2.19. The third kappa shape index (κ3) is 6.20. The molecule has 0 amide bonds. The molecule has 12 rings (SSSR count). The summed E-state index contributed by atoms with van der Waals surface area (Å²) < 4.78 is 6.43. The fourth-order valence-electron chi connectivity index (χ4n) is 9.34. The van der Waals surface area contributed by atoms with Crippen LogP contribution < -0.4 is 4.90 Å². The van der Waals surface area contributed by atoms with Gasteiger partial charge >= 0.3 is 0 Å². The van der Waals surface area contributed by atoms with E-state index >= 15 is 0 Å². The maximum atomic E-state index is 6.43. The van der Waals surface area contributed by atoms with Crippen LogP contribution in [-0.2, 0) is 0 Å². The molecule has 0 bridgehead atoms. The van der Waals surface area contributed by atoms with Crippen molar-refractivity contribution in [3.63, 3.8) is 0 Å². The van der Waals surface area contributed by atoms with E-state index in [1.807, 2.05) is 12.1 Å².